The van der Waals surface area contributed by atoms with Crippen LogP contribution < -0.4 is 9.64 Å². The Morgan fingerprint density at radius 3 is 2.50 bits per heavy atom. The molecule has 1 aromatic heterocycles. The fourth-order valence-corrected chi connectivity index (χ4v) is 5.55. The van der Waals surface area contributed by atoms with Crippen molar-refractivity contribution in [2.24, 2.45) is 0 Å². The number of aryl methyl sites for hydroxylation is 1. The number of carbonyl (C=O) groups excluding carboxylic acids is 2. The van der Waals surface area contributed by atoms with Crippen molar-refractivity contribution in [1.82, 2.24) is 4.98 Å². The number of aliphatic hydroxyl groups excluding tert-OH is 1. The van der Waals surface area contributed by atoms with Gasteiger partial charge in [-0.1, -0.05) is 52.4 Å². The van der Waals surface area contributed by atoms with Crippen LogP contribution in [0.1, 0.15) is 36.1 Å². The molecule has 1 aliphatic heterocycles. The Morgan fingerprint density at radius 1 is 1.08 bits per heavy atom. The smallest absolute Gasteiger partial charge is 0.301 e. The quantitative estimate of drug-likeness (QED) is 0.159. The number of rotatable bonds is 6. The van der Waals surface area contributed by atoms with Crippen molar-refractivity contribution in [2.75, 3.05) is 11.5 Å². The van der Waals surface area contributed by atoms with Crippen LogP contribution in [-0.2, 0) is 9.59 Å². The number of ether oxygens (including phenoxy) is 1. The number of aliphatic hydroxyl groups is 1. The Kier molecular flexibility index (Phi) is 6.64. The summed E-state index contributed by atoms with van der Waals surface area (Å²) in [5, 5.41) is 11.7. The molecule has 1 N–H and O–H groups in total. The van der Waals surface area contributed by atoms with Crippen molar-refractivity contribution in [2.45, 2.75) is 26.3 Å². The van der Waals surface area contributed by atoms with E-state index in [0.717, 1.165) is 26.7 Å². The summed E-state index contributed by atoms with van der Waals surface area (Å²) in [6.45, 7) is 4.60. The highest BCUT2D eigenvalue weighted by atomic mass is 79.9. The fourth-order valence-electron chi connectivity index (χ4n) is 4.20. The zero-order valence-corrected chi connectivity index (χ0v) is 22.1. The first-order valence-electron chi connectivity index (χ1n) is 11.5. The van der Waals surface area contributed by atoms with E-state index in [0.29, 0.717) is 28.6 Å². The van der Waals surface area contributed by atoms with Gasteiger partial charge in [0.1, 0.15) is 11.5 Å². The number of ketones is 1. The molecule has 1 amide bonds. The van der Waals surface area contributed by atoms with Gasteiger partial charge >= 0.3 is 5.91 Å². The summed E-state index contributed by atoms with van der Waals surface area (Å²) < 4.78 is 7.41. The van der Waals surface area contributed by atoms with Crippen molar-refractivity contribution in [3.05, 3.63) is 93.5 Å². The summed E-state index contributed by atoms with van der Waals surface area (Å²) in [5.74, 6) is -1.03. The highest BCUT2D eigenvalue weighted by molar-refractivity contribution is 9.10. The van der Waals surface area contributed by atoms with E-state index in [2.05, 4.69) is 20.9 Å². The molecule has 8 heteroatoms. The third-order valence-electron chi connectivity index (χ3n) is 5.97. The molecule has 1 atom stereocenters. The third kappa shape index (κ3) is 4.42. The van der Waals surface area contributed by atoms with Crippen LogP contribution in [0.25, 0.3) is 16.0 Å². The third-order valence-corrected chi connectivity index (χ3v) is 7.52. The normalized spacial score (nSPS) is 17.2. The van der Waals surface area contributed by atoms with Crippen LogP contribution in [0.5, 0.6) is 5.75 Å². The molecule has 0 radical (unpaired) electrons. The number of hydrogen-bond acceptors (Lipinski definition) is 6. The number of aromatic nitrogens is 1. The Morgan fingerprint density at radius 2 is 1.81 bits per heavy atom. The number of carbonyl (C=O) groups is 2. The number of benzene rings is 3. The predicted molar refractivity (Wildman–Crippen MR) is 146 cm³/mol. The Labute approximate surface area is 221 Å². The first-order valence-corrected chi connectivity index (χ1v) is 13.1. The van der Waals surface area contributed by atoms with Crippen LogP contribution in [0, 0.1) is 6.92 Å². The second-order valence-electron chi connectivity index (χ2n) is 8.56. The van der Waals surface area contributed by atoms with Gasteiger partial charge in [-0.2, -0.15) is 0 Å². The van der Waals surface area contributed by atoms with Crippen LogP contribution >= 0.6 is 27.3 Å². The van der Waals surface area contributed by atoms with E-state index in [9.17, 15) is 14.7 Å². The number of hydrogen-bond donors (Lipinski definition) is 1. The minimum atomic E-state index is -0.823. The van der Waals surface area contributed by atoms with E-state index >= 15 is 0 Å². The van der Waals surface area contributed by atoms with E-state index in [1.165, 1.54) is 16.2 Å². The summed E-state index contributed by atoms with van der Waals surface area (Å²) in [7, 11) is 0. The molecular formula is C28H23BrN2O4S. The number of fused-ring (bicyclic) bond motifs is 1. The molecule has 3 aromatic carbocycles. The maximum absolute atomic E-state index is 13.4. The zero-order valence-electron chi connectivity index (χ0n) is 19.7. The largest absolute Gasteiger partial charge is 0.507 e. The molecule has 5 rings (SSSR count). The van der Waals surface area contributed by atoms with Gasteiger partial charge in [-0.25, -0.2) is 4.98 Å². The molecule has 182 valence electrons. The lowest BCUT2D eigenvalue weighted by Crippen LogP contribution is -2.29. The molecule has 2 heterocycles. The van der Waals surface area contributed by atoms with Crippen LogP contribution in [0.4, 0.5) is 5.13 Å². The van der Waals surface area contributed by atoms with Gasteiger partial charge in [-0.15, -0.1) is 0 Å². The Balaban J connectivity index is 1.65. The monoisotopic (exact) mass is 562 g/mol. The summed E-state index contributed by atoms with van der Waals surface area (Å²) in [5.41, 5.74) is 2.98. The lowest BCUT2D eigenvalue weighted by Gasteiger charge is -2.23. The zero-order chi connectivity index (χ0) is 25.4. The summed E-state index contributed by atoms with van der Waals surface area (Å²) in [4.78, 5) is 32.8. The topological polar surface area (TPSA) is 79.7 Å². The number of anilines is 1. The molecule has 1 unspecified atom stereocenters. The van der Waals surface area contributed by atoms with Gasteiger partial charge < -0.3 is 9.84 Å². The second kappa shape index (κ2) is 9.87. The molecule has 4 aromatic rings. The van der Waals surface area contributed by atoms with E-state index in [1.807, 2.05) is 56.3 Å². The molecule has 1 saturated heterocycles. The predicted octanol–water partition coefficient (Wildman–Crippen LogP) is 6.78. The maximum Gasteiger partial charge on any atom is 0.301 e. The maximum atomic E-state index is 13.4. The molecule has 6 nitrogen and oxygen atoms in total. The number of amides is 1. The number of thiazole rings is 1. The number of Topliss-reactive ketones (excluding diaryl/α,β-unsaturated/α-hetero) is 1. The lowest BCUT2D eigenvalue weighted by atomic mass is 9.95. The van der Waals surface area contributed by atoms with Crippen molar-refractivity contribution >= 4 is 60.1 Å². The van der Waals surface area contributed by atoms with Gasteiger partial charge in [0.05, 0.1) is 28.4 Å². The van der Waals surface area contributed by atoms with Crippen molar-refractivity contribution in [1.29, 1.82) is 0 Å². The standard InChI is InChI=1S/C28H23BrN2O4S/c1-3-14-35-20-11-7-18(8-12-20)25(32)23-24(17-5-9-19(29)10-6-17)31(27(34)26(23)33)28-30-21-13-4-16(2)15-22(21)36-28/h4-13,15,24,32H,3,14H2,1-2H3. The Hall–Kier alpha value is -3.49. The second-order valence-corrected chi connectivity index (χ2v) is 10.5. The average molecular weight is 563 g/mol. The van der Waals surface area contributed by atoms with Gasteiger partial charge in [0, 0.05) is 10.0 Å². The molecule has 0 aliphatic carbocycles. The van der Waals surface area contributed by atoms with E-state index < -0.39 is 17.7 Å². The van der Waals surface area contributed by atoms with E-state index in [-0.39, 0.29) is 11.3 Å². The first-order chi connectivity index (χ1) is 17.4. The van der Waals surface area contributed by atoms with E-state index in [1.54, 1.807) is 24.3 Å². The molecule has 0 spiro atoms. The summed E-state index contributed by atoms with van der Waals surface area (Å²) in [6.07, 6.45) is 0.879. The number of halogens is 1. The molecule has 36 heavy (non-hydrogen) atoms. The average Bonchev–Trinajstić information content (AvgIpc) is 3.40. The van der Waals surface area contributed by atoms with Gasteiger partial charge in [0.2, 0.25) is 0 Å². The van der Waals surface area contributed by atoms with Crippen LogP contribution in [-0.4, -0.2) is 28.4 Å². The Bertz CT molecular complexity index is 1490. The van der Waals surface area contributed by atoms with Gasteiger partial charge in [-0.05, 0) is 73.0 Å². The lowest BCUT2D eigenvalue weighted by molar-refractivity contribution is -0.132. The van der Waals surface area contributed by atoms with Gasteiger partial charge in [0.25, 0.3) is 5.78 Å². The minimum Gasteiger partial charge on any atom is -0.507 e. The van der Waals surface area contributed by atoms with Gasteiger partial charge in [0.15, 0.2) is 5.13 Å². The molecule has 0 bridgehead atoms. The summed E-state index contributed by atoms with van der Waals surface area (Å²) in [6, 6.07) is 19.3. The minimum absolute atomic E-state index is 0.0278. The van der Waals surface area contributed by atoms with Crippen molar-refractivity contribution in [3.8, 4) is 5.75 Å². The molecule has 0 saturated carbocycles. The fraction of sp³-hybridized carbons (Fsp3) is 0.179. The van der Waals surface area contributed by atoms with Crippen molar-refractivity contribution in [3.63, 3.8) is 0 Å². The van der Waals surface area contributed by atoms with Crippen LogP contribution in [0.2, 0.25) is 0 Å². The molecule has 1 aliphatic rings. The molecule has 1 fully saturated rings. The highest BCUT2D eigenvalue weighted by Crippen LogP contribution is 2.44. The highest BCUT2D eigenvalue weighted by Gasteiger charge is 2.48. The SMILES string of the molecule is CCCOc1ccc(C(O)=C2C(=O)C(=O)N(c3nc4ccc(C)cc4s3)C2c2ccc(Br)cc2)cc1. The van der Waals surface area contributed by atoms with Gasteiger partial charge in [-0.3, -0.25) is 14.5 Å². The molecular weight excluding hydrogens is 540 g/mol. The summed E-state index contributed by atoms with van der Waals surface area (Å²) >= 11 is 4.79. The first kappa shape index (κ1) is 24.2. The number of nitrogens with zero attached hydrogens (tertiary/aromatic N) is 2. The van der Waals surface area contributed by atoms with E-state index in [4.69, 9.17) is 4.74 Å². The van der Waals surface area contributed by atoms with Crippen molar-refractivity contribution < 1.29 is 19.4 Å². The van der Waals surface area contributed by atoms with Crippen LogP contribution in [0.3, 0.4) is 0 Å². The van der Waals surface area contributed by atoms with Crippen LogP contribution in [0.15, 0.2) is 76.8 Å².